The van der Waals surface area contributed by atoms with Gasteiger partial charge in [-0.3, -0.25) is 0 Å². The van der Waals surface area contributed by atoms with Gasteiger partial charge < -0.3 is 5.32 Å². The van der Waals surface area contributed by atoms with Crippen LogP contribution in [0.3, 0.4) is 0 Å². The summed E-state index contributed by atoms with van der Waals surface area (Å²) < 4.78 is 26.6. The van der Waals surface area contributed by atoms with E-state index >= 15 is 0 Å². The third-order valence-corrected chi connectivity index (χ3v) is 4.67. The van der Waals surface area contributed by atoms with Gasteiger partial charge in [0.1, 0.15) is 0 Å². The van der Waals surface area contributed by atoms with E-state index in [2.05, 4.69) is 10.0 Å². The lowest BCUT2D eigenvalue weighted by atomic mass is 10.2. The van der Waals surface area contributed by atoms with Gasteiger partial charge in [0.25, 0.3) is 0 Å². The van der Waals surface area contributed by atoms with Gasteiger partial charge in [0.15, 0.2) is 0 Å². The van der Waals surface area contributed by atoms with Gasteiger partial charge >= 0.3 is 0 Å². The molecule has 1 aromatic carbocycles. The fraction of sp³-hybridized carbons (Fsp3) is 0.455. The topological polar surface area (TPSA) is 58.2 Å². The van der Waals surface area contributed by atoms with E-state index in [1.807, 2.05) is 0 Å². The summed E-state index contributed by atoms with van der Waals surface area (Å²) in [6.07, 6.45) is 2.06. The third-order valence-electron chi connectivity index (χ3n) is 2.83. The number of halogens is 2. The molecule has 1 aromatic rings. The van der Waals surface area contributed by atoms with Gasteiger partial charge in [-0.1, -0.05) is 23.2 Å². The van der Waals surface area contributed by atoms with E-state index in [0.29, 0.717) is 16.6 Å². The second kappa shape index (κ2) is 5.75. The maximum Gasteiger partial charge on any atom is 0.240 e. The fourth-order valence-electron chi connectivity index (χ4n) is 1.91. The van der Waals surface area contributed by atoms with Gasteiger partial charge in [0.2, 0.25) is 10.0 Å². The predicted molar refractivity (Wildman–Crippen MR) is 72.7 cm³/mol. The Morgan fingerprint density at radius 3 is 2.50 bits per heavy atom. The molecule has 1 aliphatic heterocycles. The number of sulfonamides is 1. The van der Waals surface area contributed by atoms with Gasteiger partial charge in [-0.15, -0.1) is 0 Å². The van der Waals surface area contributed by atoms with Crippen molar-refractivity contribution in [2.75, 3.05) is 13.1 Å². The Hall–Kier alpha value is -0.330. The summed E-state index contributed by atoms with van der Waals surface area (Å²) in [4.78, 5) is 0.0954. The molecule has 1 unspecified atom stereocenters. The van der Waals surface area contributed by atoms with E-state index in [-0.39, 0.29) is 10.9 Å². The molecule has 100 valence electrons. The van der Waals surface area contributed by atoms with Crippen molar-refractivity contribution in [3.05, 3.63) is 28.2 Å². The highest BCUT2D eigenvalue weighted by atomic mass is 35.5. The average molecular weight is 309 g/mol. The van der Waals surface area contributed by atoms with Crippen molar-refractivity contribution in [1.29, 1.82) is 0 Å². The lowest BCUT2D eigenvalue weighted by molar-refractivity contribution is 0.552. The van der Waals surface area contributed by atoms with Crippen molar-refractivity contribution in [1.82, 2.24) is 10.0 Å². The van der Waals surface area contributed by atoms with Crippen molar-refractivity contribution < 1.29 is 8.42 Å². The molecule has 0 radical (unpaired) electrons. The van der Waals surface area contributed by atoms with Gasteiger partial charge in [-0.2, -0.15) is 0 Å². The number of benzene rings is 1. The Kier molecular flexibility index (Phi) is 4.50. The van der Waals surface area contributed by atoms with Crippen LogP contribution >= 0.6 is 23.2 Å². The highest BCUT2D eigenvalue weighted by Gasteiger charge is 2.19. The Balaban J connectivity index is 2.09. The fourth-order valence-corrected chi connectivity index (χ4v) is 3.72. The van der Waals surface area contributed by atoms with E-state index in [1.54, 1.807) is 0 Å². The predicted octanol–water partition coefficient (Wildman–Crippen LogP) is 2.02. The van der Waals surface area contributed by atoms with Crippen LogP contribution in [0.5, 0.6) is 0 Å². The van der Waals surface area contributed by atoms with Crippen LogP contribution in [-0.4, -0.2) is 27.5 Å². The smallest absolute Gasteiger partial charge is 0.240 e. The first-order chi connectivity index (χ1) is 8.47. The molecule has 2 N–H and O–H groups in total. The summed E-state index contributed by atoms with van der Waals surface area (Å²) in [6.45, 7) is 1.32. The van der Waals surface area contributed by atoms with Crippen LogP contribution in [0.2, 0.25) is 10.0 Å². The molecule has 0 bridgehead atoms. The highest BCUT2D eigenvalue weighted by Crippen LogP contribution is 2.22. The molecule has 18 heavy (non-hydrogen) atoms. The van der Waals surface area contributed by atoms with Crippen LogP contribution in [0, 0.1) is 0 Å². The molecule has 1 aliphatic rings. The molecular weight excluding hydrogens is 295 g/mol. The van der Waals surface area contributed by atoms with Crippen molar-refractivity contribution in [2.24, 2.45) is 0 Å². The first-order valence-electron chi connectivity index (χ1n) is 5.66. The molecule has 0 aliphatic carbocycles. The van der Waals surface area contributed by atoms with Crippen LogP contribution in [-0.2, 0) is 10.0 Å². The highest BCUT2D eigenvalue weighted by molar-refractivity contribution is 7.89. The van der Waals surface area contributed by atoms with E-state index < -0.39 is 10.0 Å². The number of hydrogen-bond donors (Lipinski definition) is 2. The number of nitrogens with one attached hydrogen (secondary N) is 2. The van der Waals surface area contributed by atoms with Gasteiger partial charge in [-0.25, -0.2) is 13.1 Å². The largest absolute Gasteiger partial charge is 0.313 e. The summed E-state index contributed by atoms with van der Waals surface area (Å²) >= 11 is 11.6. The van der Waals surface area contributed by atoms with Crippen molar-refractivity contribution in [2.45, 2.75) is 23.8 Å². The molecule has 2 rings (SSSR count). The molecule has 0 aromatic heterocycles. The first kappa shape index (κ1) is 14.1. The van der Waals surface area contributed by atoms with Gasteiger partial charge in [0.05, 0.1) is 4.90 Å². The Morgan fingerprint density at radius 2 is 1.94 bits per heavy atom. The van der Waals surface area contributed by atoms with E-state index in [4.69, 9.17) is 23.2 Å². The van der Waals surface area contributed by atoms with Gasteiger partial charge in [-0.05, 0) is 37.6 Å². The Bertz CT molecular complexity index is 508. The first-order valence-corrected chi connectivity index (χ1v) is 7.90. The summed E-state index contributed by atoms with van der Waals surface area (Å²) in [7, 11) is -3.55. The second-order valence-corrected chi connectivity index (χ2v) is 6.89. The summed E-state index contributed by atoms with van der Waals surface area (Å²) in [6, 6.07) is 4.48. The minimum atomic E-state index is -3.55. The minimum Gasteiger partial charge on any atom is -0.313 e. The normalized spacial score (nSPS) is 20.2. The molecule has 1 atom stereocenters. The van der Waals surface area contributed by atoms with Gasteiger partial charge in [0, 0.05) is 22.6 Å². The molecule has 1 heterocycles. The Morgan fingerprint density at radius 1 is 1.28 bits per heavy atom. The lowest BCUT2D eigenvalue weighted by Gasteiger charge is -2.12. The van der Waals surface area contributed by atoms with Crippen LogP contribution in [0.25, 0.3) is 0 Å². The van der Waals surface area contributed by atoms with Crippen LogP contribution < -0.4 is 10.0 Å². The molecular formula is C11H14Cl2N2O2S. The van der Waals surface area contributed by atoms with Crippen LogP contribution in [0.1, 0.15) is 12.8 Å². The van der Waals surface area contributed by atoms with E-state index in [9.17, 15) is 8.42 Å². The standard InChI is InChI=1S/C11H14Cl2N2O2S/c12-8-4-9(13)6-11(5-8)18(16,17)15-7-10-2-1-3-14-10/h4-6,10,14-15H,1-3,7H2. The zero-order valence-electron chi connectivity index (χ0n) is 9.62. The maximum absolute atomic E-state index is 12.0. The zero-order chi connectivity index (χ0) is 13.2. The lowest BCUT2D eigenvalue weighted by Crippen LogP contribution is -2.37. The van der Waals surface area contributed by atoms with E-state index in [0.717, 1.165) is 19.4 Å². The van der Waals surface area contributed by atoms with Crippen molar-refractivity contribution in [3.8, 4) is 0 Å². The number of hydrogen-bond acceptors (Lipinski definition) is 3. The van der Waals surface area contributed by atoms with Crippen LogP contribution in [0.15, 0.2) is 23.1 Å². The molecule has 0 saturated carbocycles. The second-order valence-electron chi connectivity index (χ2n) is 4.25. The molecule has 1 fully saturated rings. The van der Waals surface area contributed by atoms with Crippen molar-refractivity contribution >= 4 is 33.2 Å². The zero-order valence-corrected chi connectivity index (χ0v) is 11.9. The molecule has 0 amide bonds. The monoisotopic (exact) mass is 308 g/mol. The third kappa shape index (κ3) is 3.59. The average Bonchev–Trinajstić information content (AvgIpc) is 2.78. The van der Waals surface area contributed by atoms with Crippen molar-refractivity contribution in [3.63, 3.8) is 0 Å². The summed E-state index contributed by atoms with van der Waals surface area (Å²) in [5, 5.41) is 3.84. The summed E-state index contributed by atoms with van der Waals surface area (Å²) in [5.41, 5.74) is 0. The number of rotatable bonds is 4. The Labute approximate surface area is 117 Å². The maximum atomic E-state index is 12.0. The molecule has 1 saturated heterocycles. The van der Waals surface area contributed by atoms with Crippen LogP contribution in [0.4, 0.5) is 0 Å². The SMILES string of the molecule is O=S(=O)(NCC1CCCN1)c1cc(Cl)cc(Cl)c1. The molecule has 7 heteroatoms. The molecule has 4 nitrogen and oxygen atoms in total. The quantitative estimate of drug-likeness (QED) is 0.894. The molecule has 0 spiro atoms. The van der Waals surface area contributed by atoms with E-state index in [1.165, 1.54) is 18.2 Å². The summed E-state index contributed by atoms with van der Waals surface area (Å²) in [5.74, 6) is 0. The minimum absolute atomic E-state index is 0.0954.